The lowest BCUT2D eigenvalue weighted by Crippen LogP contribution is -2.22. The van der Waals surface area contributed by atoms with Gasteiger partial charge in [-0.05, 0) is 18.2 Å². The van der Waals surface area contributed by atoms with Crippen LogP contribution < -0.4 is 4.74 Å². The first-order valence-electron chi connectivity index (χ1n) is 4.70. The molecule has 1 aromatic heterocycles. The summed E-state index contributed by atoms with van der Waals surface area (Å²) in [6.45, 7) is 0. The van der Waals surface area contributed by atoms with Crippen molar-refractivity contribution >= 4 is 16.7 Å². The molecule has 0 aliphatic rings. The summed E-state index contributed by atoms with van der Waals surface area (Å²) >= 11 is 0. The highest BCUT2D eigenvalue weighted by atomic mass is 19.4. The van der Waals surface area contributed by atoms with E-state index in [0.717, 1.165) is 6.20 Å². The topological polar surface area (TPSA) is 42.1 Å². The number of hydrogen-bond acceptors (Lipinski definition) is 2. The lowest BCUT2D eigenvalue weighted by atomic mass is 10.1. The highest BCUT2D eigenvalue weighted by Crippen LogP contribution is 2.29. The summed E-state index contributed by atoms with van der Waals surface area (Å²) in [5.74, 6) is -1.47. The van der Waals surface area contributed by atoms with Gasteiger partial charge in [0.05, 0.1) is 12.7 Å². The number of methoxy groups -OCH3 is 1. The average molecular weight is 243 g/mol. The second-order valence-corrected chi connectivity index (χ2v) is 3.44. The van der Waals surface area contributed by atoms with Crippen LogP contribution in [-0.2, 0) is 0 Å². The van der Waals surface area contributed by atoms with Crippen LogP contribution >= 0.6 is 0 Å². The van der Waals surface area contributed by atoms with Gasteiger partial charge in [0.2, 0.25) is 0 Å². The van der Waals surface area contributed by atoms with E-state index in [9.17, 15) is 18.0 Å². The fourth-order valence-corrected chi connectivity index (χ4v) is 1.57. The maximum absolute atomic E-state index is 12.3. The maximum atomic E-state index is 12.3. The zero-order valence-electron chi connectivity index (χ0n) is 8.76. The van der Waals surface area contributed by atoms with Crippen molar-refractivity contribution in [1.29, 1.82) is 0 Å². The fraction of sp³-hybridized carbons (Fsp3) is 0.182. The first kappa shape index (κ1) is 11.5. The van der Waals surface area contributed by atoms with Gasteiger partial charge in [-0.15, -0.1) is 0 Å². The molecule has 0 unspecified atom stereocenters. The average Bonchev–Trinajstić information content (AvgIpc) is 2.69. The zero-order valence-corrected chi connectivity index (χ0v) is 8.76. The number of Topliss-reactive ketones (excluding diaryl/α,β-unsaturated/α-hetero) is 1. The van der Waals surface area contributed by atoms with Crippen molar-refractivity contribution < 1.29 is 22.7 Å². The zero-order chi connectivity index (χ0) is 12.6. The Bertz CT molecular complexity index is 572. The van der Waals surface area contributed by atoms with Crippen molar-refractivity contribution in [3.63, 3.8) is 0 Å². The number of carbonyl (C=O) groups excluding carboxylic acids is 1. The third-order valence-corrected chi connectivity index (χ3v) is 2.39. The number of aromatic nitrogens is 1. The third kappa shape index (κ3) is 1.98. The van der Waals surface area contributed by atoms with Gasteiger partial charge in [0.1, 0.15) is 5.75 Å². The number of fused-ring (bicyclic) bond motifs is 1. The number of hydrogen-bond donors (Lipinski definition) is 1. The monoisotopic (exact) mass is 243 g/mol. The van der Waals surface area contributed by atoms with E-state index in [-0.39, 0.29) is 5.39 Å². The molecular formula is C11H8F3NO2. The maximum Gasteiger partial charge on any atom is 0.454 e. The Kier molecular flexibility index (Phi) is 2.57. The van der Waals surface area contributed by atoms with Crippen LogP contribution in [0, 0.1) is 0 Å². The Morgan fingerprint density at radius 1 is 1.35 bits per heavy atom. The first-order chi connectivity index (χ1) is 7.93. The summed E-state index contributed by atoms with van der Waals surface area (Å²) < 4.78 is 41.9. The number of halogens is 3. The summed E-state index contributed by atoms with van der Waals surface area (Å²) in [6, 6.07) is 4.55. The molecule has 0 amide bonds. The molecule has 0 atom stereocenters. The number of benzene rings is 1. The number of H-pyrrole nitrogens is 1. The van der Waals surface area contributed by atoms with E-state index < -0.39 is 17.5 Å². The van der Waals surface area contributed by atoms with Crippen molar-refractivity contribution in [2.24, 2.45) is 0 Å². The fourth-order valence-electron chi connectivity index (χ4n) is 1.57. The van der Waals surface area contributed by atoms with Gasteiger partial charge in [0, 0.05) is 17.1 Å². The number of nitrogens with one attached hydrogen (secondary N) is 1. The van der Waals surface area contributed by atoms with Gasteiger partial charge in [0.25, 0.3) is 5.78 Å². The van der Waals surface area contributed by atoms with Crippen LogP contribution in [0.4, 0.5) is 13.2 Å². The Labute approximate surface area is 94.2 Å². The molecule has 0 saturated carbocycles. The molecule has 0 aliphatic heterocycles. The van der Waals surface area contributed by atoms with Crippen molar-refractivity contribution in [3.8, 4) is 5.75 Å². The van der Waals surface area contributed by atoms with Gasteiger partial charge >= 0.3 is 6.18 Å². The van der Waals surface area contributed by atoms with Gasteiger partial charge in [-0.25, -0.2) is 0 Å². The van der Waals surface area contributed by atoms with Crippen LogP contribution in [0.5, 0.6) is 5.75 Å². The van der Waals surface area contributed by atoms with Gasteiger partial charge < -0.3 is 9.72 Å². The van der Waals surface area contributed by atoms with Crippen LogP contribution in [0.1, 0.15) is 10.4 Å². The molecule has 90 valence electrons. The summed E-state index contributed by atoms with van der Waals surface area (Å²) in [5, 5.41) is 0.201. The van der Waals surface area contributed by atoms with Gasteiger partial charge in [0.15, 0.2) is 0 Å². The molecule has 6 heteroatoms. The van der Waals surface area contributed by atoms with E-state index in [2.05, 4.69) is 4.98 Å². The lowest BCUT2D eigenvalue weighted by Gasteiger charge is -2.04. The van der Waals surface area contributed by atoms with Crippen molar-refractivity contribution in [3.05, 3.63) is 30.0 Å². The number of rotatable bonds is 2. The van der Waals surface area contributed by atoms with E-state index in [4.69, 9.17) is 4.74 Å². The minimum atomic E-state index is -4.88. The van der Waals surface area contributed by atoms with Crippen LogP contribution in [0.25, 0.3) is 10.9 Å². The van der Waals surface area contributed by atoms with Crippen LogP contribution in [0.3, 0.4) is 0 Å². The van der Waals surface area contributed by atoms with E-state index in [1.807, 2.05) is 0 Å². The van der Waals surface area contributed by atoms with E-state index in [1.165, 1.54) is 13.2 Å². The normalized spacial score (nSPS) is 11.8. The minimum absolute atomic E-state index is 0.201. The molecule has 17 heavy (non-hydrogen) atoms. The molecule has 0 aliphatic carbocycles. The van der Waals surface area contributed by atoms with Crippen LogP contribution in [0.15, 0.2) is 24.4 Å². The Balaban J connectivity index is 2.59. The van der Waals surface area contributed by atoms with E-state index in [1.54, 1.807) is 12.1 Å². The highest BCUT2D eigenvalue weighted by Gasteiger charge is 2.40. The largest absolute Gasteiger partial charge is 0.497 e. The molecular weight excluding hydrogens is 235 g/mol. The smallest absolute Gasteiger partial charge is 0.454 e. The van der Waals surface area contributed by atoms with Crippen molar-refractivity contribution in [2.45, 2.75) is 6.18 Å². The molecule has 0 saturated heterocycles. The van der Waals surface area contributed by atoms with Crippen LogP contribution in [-0.4, -0.2) is 24.1 Å². The van der Waals surface area contributed by atoms with Gasteiger partial charge in [-0.3, -0.25) is 4.79 Å². The SMILES string of the molecule is COc1ccc2[nH]cc(C(=O)C(F)(F)F)c2c1. The predicted octanol–water partition coefficient (Wildman–Crippen LogP) is 2.92. The molecule has 1 heterocycles. The third-order valence-electron chi connectivity index (χ3n) is 2.39. The number of ether oxygens (including phenoxy) is 1. The standard InChI is InChI=1S/C11H8F3NO2/c1-17-6-2-3-9-7(4-6)8(5-15-9)10(16)11(12,13)14/h2-5,15H,1H3. The van der Waals surface area contributed by atoms with Crippen molar-refractivity contribution in [1.82, 2.24) is 4.98 Å². The van der Waals surface area contributed by atoms with Gasteiger partial charge in [-0.2, -0.15) is 13.2 Å². The summed E-state index contributed by atoms with van der Waals surface area (Å²) in [6.07, 6.45) is -3.82. The quantitative estimate of drug-likeness (QED) is 0.824. The Morgan fingerprint density at radius 2 is 2.06 bits per heavy atom. The van der Waals surface area contributed by atoms with Crippen molar-refractivity contribution in [2.75, 3.05) is 7.11 Å². The molecule has 2 aromatic rings. The molecule has 0 radical (unpaired) electrons. The molecule has 1 N–H and O–H groups in total. The van der Waals surface area contributed by atoms with Crippen LogP contribution in [0.2, 0.25) is 0 Å². The Morgan fingerprint density at radius 3 is 2.65 bits per heavy atom. The second-order valence-electron chi connectivity index (χ2n) is 3.44. The molecule has 0 fully saturated rings. The lowest BCUT2D eigenvalue weighted by molar-refractivity contribution is -0.0884. The van der Waals surface area contributed by atoms with E-state index in [0.29, 0.717) is 11.3 Å². The van der Waals surface area contributed by atoms with Gasteiger partial charge in [-0.1, -0.05) is 0 Å². The number of ketones is 1. The predicted molar refractivity (Wildman–Crippen MR) is 55.2 cm³/mol. The number of alkyl halides is 3. The molecule has 0 bridgehead atoms. The minimum Gasteiger partial charge on any atom is -0.497 e. The summed E-state index contributed by atoms with van der Waals surface area (Å²) in [7, 11) is 1.40. The molecule has 0 spiro atoms. The molecule has 2 rings (SSSR count). The highest BCUT2D eigenvalue weighted by molar-refractivity contribution is 6.10. The Hall–Kier alpha value is -1.98. The first-order valence-corrected chi connectivity index (χ1v) is 4.70. The molecule has 3 nitrogen and oxygen atoms in total. The summed E-state index contributed by atoms with van der Waals surface area (Å²) in [4.78, 5) is 13.8. The summed E-state index contributed by atoms with van der Waals surface area (Å²) in [5.41, 5.74) is 0.0600. The number of carbonyl (C=O) groups is 1. The second kappa shape index (κ2) is 3.80. The number of aromatic amines is 1. The molecule has 1 aromatic carbocycles. The van der Waals surface area contributed by atoms with E-state index >= 15 is 0 Å².